The molecular weight excluding hydrogens is 407 g/mol. The molecule has 0 bridgehead atoms. The highest BCUT2D eigenvalue weighted by Gasteiger charge is 2.37. The lowest BCUT2D eigenvalue weighted by Gasteiger charge is -2.33. The van der Waals surface area contributed by atoms with Gasteiger partial charge in [0.2, 0.25) is 0 Å². The molecule has 0 saturated carbocycles. The Morgan fingerprint density at radius 2 is 1.52 bits per heavy atom. The smallest absolute Gasteiger partial charge is 0.349 e. The van der Waals surface area contributed by atoms with Crippen molar-refractivity contribution in [1.29, 1.82) is 0 Å². The standard InChI is InChI=1S/C19H16F7NO2/c20-15-3-1-12(2-4-15)16-17(28-6-5-27-16)29-10-11-7-13(18(21,22)23)9-14(8-11)19(24,25)26/h1-4,7-9,16-17,27H,5-6,10H2/t16-,17-/m1/s1. The highest BCUT2D eigenvalue weighted by molar-refractivity contribution is 5.33. The van der Waals surface area contributed by atoms with Gasteiger partial charge in [0.15, 0.2) is 6.29 Å². The van der Waals surface area contributed by atoms with Crippen molar-refractivity contribution in [3.8, 4) is 0 Å². The highest BCUT2D eigenvalue weighted by atomic mass is 19.4. The topological polar surface area (TPSA) is 30.5 Å². The van der Waals surface area contributed by atoms with Crippen molar-refractivity contribution in [1.82, 2.24) is 5.32 Å². The van der Waals surface area contributed by atoms with E-state index >= 15 is 0 Å². The molecule has 1 heterocycles. The lowest BCUT2D eigenvalue weighted by atomic mass is 10.0. The number of alkyl halides is 6. The van der Waals surface area contributed by atoms with Crippen LogP contribution in [0.1, 0.15) is 28.3 Å². The molecule has 0 aliphatic carbocycles. The Balaban J connectivity index is 1.80. The molecule has 2 aromatic carbocycles. The molecule has 3 nitrogen and oxygen atoms in total. The van der Waals surface area contributed by atoms with Gasteiger partial charge >= 0.3 is 12.4 Å². The molecule has 2 atom stereocenters. The zero-order valence-corrected chi connectivity index (χ0v) is 14.8. The fourth-order valence-corrected chi connectivity index (χ4v) is 2.95. The molecule has 3 rings (SSSR count). The molecule has 1 N–H and O–H groups in total. The van der Waals surface area contributed by atoms with Gasteiger partial charge in [0, 0.05) is 6.54 Å². The van der Waals surface area contributed by atoms with Crippen LogP contribution in [0.15, 0.2) is 42.5 Å². The maximum absolute atomic E-state index is 13.1. The van der Waals surface area contributed by atoms with Crippen LogP contribution in [0.3, 0.4) is 0 Å². The Hall–Kier alpha value is -2.17. The van der Waals surface area contributed by atoms with Crippen LogP contribution < -0.4 is 5.32 Å². The predicted octanol–water partition coefficient (Wildman–Crippen LogP) is 5.07. The first-order chi connectivity index (χ1) is 13.5. The lowest BCUT2D eigenvalue weighted by molar-refractivity contribution is -0.184. The van der Waals surface area contributed by atoms with Crippen molar-refractivity contribution in [3.63, 3.8) is 0 Å². The summed E-state index contributed by atoms with van der Waals surface area (Å²) in [7, 11) is 0. The van der Waals surface area contributed by atoms with Crippen LogP contribution in [0, 0.1) is 5.82 Å². The Morgan fingerprint density at radius 1 is 0.931 bits per heavy atom. The number of morpholine rings is 1. The van der Waals surface area contributed by atoms with Gasteiger partial charge in [-0.2, -0.15) is 26.3 Å². The van der Waals surface area contributed by atoms with Gasteiger partial charge in [-0.3, -0.25) is 0 Å². The Kier molecular flexibility index (Phi) is 6.16. The molecule has 1 fully saturated rings. The number of rotatable bonds is 4. The van der Waals surface area contributed by atoms with E-state index in [2.05, 4.69) is 5.32 Å². The van der Waals surface area contributed by atoms with E-state index in [0.29, 0.717) is 24.2 Å². The lowest BCUT2D eigenvalue weighted by Crippen LogP contribution is -2.43. The van der Waals surface area contributed by atoms with Gasteiger partial charge in [0.25, 0.3) is 0 Å². The summed E-state index contributed by atoms with van der Waals surface area (Å²) in [5, 5.41) is 3.08. The number of benzene rings is 2. The Morgan fingerprint density at radius 3 is 2.07 bits per heavy atom. The van der Waals surface area contributed by atoms with Crippen LogP contribution in [0.4, 0.5) is 30.7 Å². The average Bonchev–Trinajstić information content (AvgIpc) is 2.66. The van der Waals surface area contributed by atoms with Crippen molar-refractivity contribution in [2.24, 2.45) is 0 Å². The number of halogens is 7. The zero-order valence-electron chi connectivity index (χ0n) is 14.8. The van der Waals surface area contributed by atoms with Crippen LogP contribution in [0.25, 0.3) is 0 Å². The maximum Gasteiger partial charge on any atom is 0.416 e. The fourth-order valence-electron chi connectivity index (χ4n) is 2.95. The van der Waals surface area contributed by atoms with E-state index in [-0.39, 0.29) is 18.2 Å². The molecule has 2 aromatic rings. The van der Waals surface area contributed by atoms with Crippen LogP contribution >= 0.6 is 0 Å². The van der Waals surface area contributed by atoms with E-state index in [4.69, 9.17) is 9.47 Å². The van der Waals surface area contributed by atoms with Crippen molar-refractivity contribution < 1.29 is 40.2 Å². The molecule has 0 spiro atoms. The van der Waals surface area contributed by atoms with Gasteiger partial charge in [-0.05, 0) is 41.5 Å². The third-order valence-electron chi connectivity index (χ3n) is 4.31. The van der Waals surface area contributed by atoms with Crippen LogP contribution in [0.5, 0.6) is 0 Å². The SMILES string of the molecule is Fc1ccc([C@H]2NCCO[C@@H]2OCc2cc(C(F)(F)F)cc(C(F)(F)F)c2)cc1. The van der Waals surface area contributed by atoms with Crippen molar-refractivity contribution in [3.05, 3.63) is 70.5 Å². The summed E-state index contributed by atoms with van der Waals surface area (Å²) in [6, 6.07) is 6.15. The molecule has 0 aromatic heterocycles. The zero-order chi connectivity index (χ0) is 21.2. The molecule has 158 valence electrons. The monoisotopic (exact) mass is 423 g/mol. The summed E-state index contributed by atoms with van der Waals surface area (Å²) in [5.41, 5.74) is -2.51. The number of nitrogens with one attached hydrogen (secondary N) is 1. The molecule has 0 amide bonds. The van der Waals surface area contributed by atoms with Gasteiger partial charge in [-0.25, -0.2) is 4.39 Å². The van der Waals surface area contributed by atoms with Gasteiger partial charge in [-0.15, -0.1) is 0 Å². The molecule has 0 unspecified atom stereocenters. The summed E-state index contributed by atoms with van der Waals surface area (Å²) in [6.45, 7) is 0.152. The third-order valence-corrected chi connectivity index (χ3v) is 4.31. The first-order valence-corrected chi connectivity index (χ1v) is 8.54. The summed E-state index contributed by atoms with van der Waals surface area (Å²) >= 11 is 0. The van der Waals surface area contributed by atoms with E-state index in [9.17, 15) is 30.7 Å². The number of hydrogen-bond donors (Lipinski definition) is 1. The summed E-state index contributed by atoms with van der Waals surface area (Å²) in [6.07, 6.45) is -10.8. The van der Waals surface area contributed by atoms with Crippen molar-refractivity contribution in [2.45, 2.75) is 31.3 Å². The van der Waals surface area contributed by atoms with Gasteiger partial charge in [0.05, 0.1) is 30.4 Å². The minimum Gasteiger partial charge on any atom is -0.349 e. The number of hydrogen-bond acceptors (Lipinski definition) is 3. The highest BCUT2D eigenvalue weighted by Crippen LogP contribution is 2.36. The second kappa shape index (κ2) is 8.29. The van der Waals surface area contributed by atoms with E-state index < -0.39 is 48.2 Å². The Bertz CT molecular complexity index is 802. The Labute approximate surface area is 161 Å². The minimum absolute atomic E-state index is 0.0590. The van der Waals surface area contributed by atoms with E-state index in [1.165, 1.54) is 24.3 Å². The summed E-state index contributed by atoms with van der Waals surface area (Å²) in [5.74, 6) is -0.452. The van der Waals surface area contributed by atoms with Crippen LogP contribution in [0.2, 0.25) is 0 Å². The normalized spacial score (nSPS) is 20.7. The van der Waals surface area contributed by atoms with Crippen molar-refractivity contribution >= 4 is 0 Å². The summed E-state index contributed by atoms with van der Waals surface area (Å²) in [4.78, 5) is 0. The average molecular weight is 423 g/mol. The predicted molar refractivity (Wildman–Crippen MR) is 88.1 cm³/mol. The van der Waals surface area contributed by atoms with Gasteiger partial charge < -0.3 is 14.8 Å². The second-order valence-corrected chi connectivity index (χ2v) is 6.45. The summed E-state index contributed by atoms with van der Waals surface area (Å²) < 4.78 is 102. The first-order valence-electron chi connectivity index (χ1n) is 8.54. The van der Waals surface area contributed by atoms with E-state index in [1.54, 1.807) is 0 Å². The quantitative estimate of drug-likeness (QED) is 0.697. The van der Waals surface area contributed by atoms with Crippen LogP contribution in [-0.4, -0.2) is 19.4 Å². The minimum atomic E-state index is -4.93. The molecule has 0 radical (unpaired) electrons. The fraction of sp³-hybridized carbons (Fsp3) is 0.368. The van der Waals surface area contributed by atoms with Crippen LogP contribution in [-0.2, 0) is 28.4 Å². The third kappa shape index (κ3) is 5.46. The first kappa shape index (κ1) is 21.5. The largest absolute Gasteiger partial charge is 0.416 e. The molecular formula is C19H16F7NO2. The van der Waals surface area contributed by atoms with Crippen molar-refractivity contribution in [2.75, 3.05) is 13.2 Å². The van der Waals surface area contributed by atoms with E-state index in [1.807, 2.05) is 0 Å². The molecule has 1 saturated heterocycles. The molecule has 29 heavy (non-hydrogen) atoms. The van der Waals surface area contributed by atoms with E-state index in [0.717, 1.165) is 0 Å². The van der Waals surface area contributed by atoms with Gasteiger partial charge in [-0.1, -0.05) is 12.1 Å². The number of ether oxygens (including phenoxy) is 2. The molecule has 1 aliphatic rings. The molecule has 1 aliphatic heterocycles. The maximum atomic E-state index is 13.1. The van der Waals surface area contributed by atoms with Gasteiger partial charge in [0.1, 0.15) is 5.82 Å². The molecule has 10 heteroatoms. The second-order valence-electron chi connectivity index (χ2n) is 6.45.